The highest BCUT2D eigenvalue weighted by Crippen LogP contribution is 2.36. The summed E-state index contributed by atoms with van der Waals surface area (Å²) in [6, 6.07) is 17.4. The molecule has 0 bridgehead atoms. The van der Waals surface area contributed by atoms with Gasteiger partial charge in [0.05, 0.1) is 18.6 Å². The number of hydrogen-bond donors (Lipinski definition) is 1. The number of carboxylic acid groups (broad SMARTS) is 1. The molecule has 2 aromatic carbocycles. The fraction of sp³-hybridized carbons (Fsp3) is 0.370. The number of benzene rings is 2. The molecule has 36 heavy (non-hydrogen) atoms. The Balaban J connectivity index is 1.31. The molecular formula is C27H28N4O5. The van der Waals surface area contributed by atoms with Gasteiger partial charge in [0.2, 0.25) is 0 Å². The maximum Gasteiger partial charge on any atom is 0.306 e. The van der Waals surface area contributed by atoms with Gasteiger partial charge in [0.25, 0.3) is 5.88 Å². The first-order valence-corrected chi connectivity index (χ1v) is 12.1. The lowest BCUT2D eigenvalue weighted by atomic mass is 9.87. The largest absolute Gasteiger partial charge is 0.490 e. The van der Waals surface area contributed by atoms with E-state index < -0.39 is 12.1 Å². The Bertz CT molecular complexity index is 1270. The summed E-state index contributed by atoms with van der Waals surface area (Å²) in [7, 11) is 1.80. The summed E-state index contributed by atoms with van der Waals surface area (Å²) in [5, 5.41) is 17.9. The van der Waals surface area contributed by atoms with E-state index in [0.717, 1.165) is 29.7 Å². The predicted molar refractivity (Wildman–Crippen MR) is 130 cm³/mol. The Morgan fingerprint density at radius 3 is 2.67 bits per heavy atom. The van der Waals surface area contributed by atoms with Gasteiger partial charge in [-0.1, -0.05) is 35.5 Å². The molecule has 0 amide bonds. The molecule has 1 N–H and O–H groups in total. The second-order valence-corrected chi connectivity index (χ2v) is 9.29. The number of carbonyl (C=O) groups is 1. The third-order valence-corrected chi connectivity index (χ3v) is 6.81. The highest BCUT2D eigenvalue weighted by molar-refractivity contribution is 5.70. The van der Waals surface area contributed by atoms with Crippen LogP contribution in [0.15, 0.2) is 60.5 Å². The van der Waals surface area contributed by atoms with Gasteiger partial charge < -0.3 is 19.5 Å². The predicted octanol–water partition coefficient (Wildman–Crippen LogP) is 3.75. The molecule has 1 aromatic heterocycles. The van der Waals surface area contributed by atoms with E-state index in [2.05, 4.69) is 10.3 Å². The number of rotatable bonds is 7. The molecule has 1 unspecified atom stereocenters. The van der Waals surface area contributed by atoms with Crippen LogP contribution in [0.4, 0.5) is 0 Å². The first-order chi connectivity index (χ1) is 17.5. The van der Waals surface area contributed by atoms with Crippen molar-refractivity contribution in [3.63, 3.8) is 0 Å². The molecule has 0 spiro atoms. The molecule has 0 radical (unpaired) electrons. The van der Waals surface area contributed by atoms with Gasteiger partial charge in [-0.25, -0.2) is 9.48 Å². The van der Waals surface area contributed by atoms with Crippen LogP contribution < -0.4 is 4.74 Å². The maximum atomic E-state index is 11.6. The molecule has 2 fully saturated rings. The molecule has 186 valence electrons. The summed E-state index contributed by atoms with van der Waals surface area (Å²) in [6.45, 7) is 1.01. The van der Waals surface area contributed by atoms with Crippen LogP contribution in [-0.2, 0) is 27.9 Å². The summed E-state index contributed by atoms with van der Waals surface area (Å²) in [5.74, 6) is 1.70. The third-order valence-electron chi connectivity index (χ3n) is 6.81. The maximum absolute atomic E-state index is 11.6. The monoisotopic (exact) mass is 488 g/mol. The summed E-state index contributed by atoms with van der Waals surface area (Å²) >= 11 is 0. The van der Waals surface area contributed by atoms with Gasteiger partial charge in [0, 0.05) is 19.2 Å². The lowest BCUT2D eigenvalue weighted by Gasteiger charge is -2.27. The second kappa shape index (κ2) is 10.3. The minimum atomic E-state index is -0.752. The molecule has 9 heteroatoms. The summed E-state index contributed by atoms with van der Waals surface area (Å²) in [4.78, 5) is 24.8. The summed E-state index contributed by atoms with van der Waals surface area (Å²) in [6.07, 6.45) is 2.40. The van der Waals surface area contributed by atoms with Crippen LogP contribution in [0.5, 0.6) is 5.75 Å². The number of nitrogens with zero attached hydrogens (tertiary/aromatic N) is 4. The molecule has 1 saturated heterocycles. The standard InChI is InChI=1S/C27H28N4O5/c1-30-26(23-16-31(24(17-32)36-23)15-18-6-3-2-4-7-18)25(28-29-30)19-10-12-21(13-11-19)35-22-9-5-8-20(14-22)27(33)34/h2-4,6-7,10-13,20,22-23H,5,8-9,14-16H2,1H3,(H,33,34)/t20-,22-,23?/m0/s1. The van der Waals surface area contributed by atoms with Gasteiger partial charge in [0.15, 0.2) is 12.0 Å². The van der Waals surface area contributed by atoms with Crippen molar-refractivity contribution in [3.8, 4) is 17.0 Å². The summed E-state index contributed by atoms with van der Waals surface area (Å²) < 4.78 is 13.7. The van der Waals surface area contributed by atoms with Crippen molar-refractivity contribution in [2.75, 3.05) is 6.54 Å². The van der Waals surface area contributed by atoms with Crippen LogP contribution >= 0.6 is 0 Å². The van der Waals surface area contributed by atoms with Crippen LogP contribution in [0, 0.1) is 5.92 Å². The normalized spacial score (nSPS) is 21.6. The fourth-order valence-electron chi connectivity index (χ4n) is 4.99. The lowest BCUT2D eigenvalue weighted by molar-refractivity contribution is -0.143. The first kappa shape index (κ1) is 23.6. The molecule has 1 aliphatic heterocycles. The van der Waals surface area contributed by atoms with Gasteiger partial charge in [-0.3, -0.25) is 4.79 Å². The topological polar surface area (TPSA) is 107 Å². The van der Waals surface area contributed by atoms with E-state index in [4.69, 9.17) is 9.47 Å². The zero-order valence-corrected chi connectivity index (χ0v) is 20.0. The highest BCUT2D eigenvalue weighted by atomic mass is 16.5. The van der Waals surface area contributed by atoms with Crippen molar-refractivity contribution in [3.05, 3.63) is 71.7 Å². The van der Waals surface area contributed by atoms with E-state index in [1.165, 1.54) is 0 Å². The van der Waals surface area contributed by atoms with Crippen LogP contribution in [0.1, 0.15) is 43.0 Å². The molecule has 3 aromatic rings. The molecule has 3 atom stereocenters. The second-order valence-electron chi connectivity index (χ2n) is 9.29. The fourth-order valence-corrected chi connectivity index (χ4v) is 4.99. The van der Waals surface area contributed by atoms with Crippen molar-refractivity contribution in [2.24, 2.45) is 13.0 Å². The minimum Gasteiger partial charge on any atom is -0.490 e. The molecular weight excluding hydrogens is 460 g/mol. The molecule has 9 nitrogen and oxygen atoms in total. The zero-order chi connectivity index (χ0) is 25.1. The van der Waals surface area contributed by atoms with Crippen molar-refractivity contribution < 1.29 is 24.2 Å². The van der Waals surface area contributed by atoms with E-state index in [0.29, 0.717) is 37.4 Å². The average molecular weight is 489 g/mol. The van der Waals surface area contributed by atoms with Crippen molar-refractivity contribution in [1.29, 1.82) is 0 Å². The number of hydrogen-bond acceptors (Lipinski definition) is 7. The van der Waals surface area contributed by atoms with Crippen molar-refractivity contribution in [1.82, 2.24) is 19.9 Å². The van der Waals surface area contributed by atoms with E-state index >= 15 is 0 Å². The zero-order valence-electron chi connectivity index (χ0n) is 20.0. The van der Waals surface area contributed by atoms with E-state index in [1.54, 1.807) is 11.7 Å². The minimum absolute atomic E-state index is 0.103. The molecule has 5 rings (SSSR count). The number of ether oxygens (including phenoxy) is 2. The number of carboxylic acids is 1. The van der Waals surface area contributed by atoms with Gasteiger partial charge in [-0.05, 0) is 55.5 Å². The Morgan fingerprint density at radius 2 is 1.94 bits per heavy atom. The Morgan fingerprint density at radius 1 is 1.17 bits per heavy atom. The van der Waals surface area contributed by atoms with Gasteiger partial charge in [0.1, 0.15) is 17.1 Å². The van der Waals surface area contributed by atoms with Crippen LogP contribution in [0.3, 0.4) is 0 Å². The SMILES string of the molecule is Cn1nnc(-c2ccc(O[C@H]3CCC[C@H](C(=O)O)C3)cc2)c1C1CN(Cc2ccccc2)C(=C=O)O1. The van der Waals surface area contributed by atoms with E-state index in [1.807, 2.05) is 65.4 Å². The lowest BCUT2D eigenvalue weighted by Crippen LogP contribution is -2.29. The smallest absolute Gasteiger partial charge is 0.306 e. The van der Waals surface area contributed by atoms with Crippen LogP contribution in [0.2, 0.25) is 0 Å². The number of aliphatic carboxylic acids is 1. The number of aromatic nitrogens is 3. The van der Waals surface area contributed by atoms with Crippen molar-refractivity contribution in [2.45, 2.75) is 44.4 Å². The Hall–Kier alpha value is -4.10. The van der Waals surface area contributed by atoms with E-state index in [9.17, 15) is 14.7 Å². The Kier molecular flexibility index (Phi) is 6.73. The van der Waals surface area contributed by atoms with Gasteiger partial charge >= 0.3 is 5.97 Å². The summed E-state index contributed by atoms with van der Waals surface area (Å²) in [5.41, 5.74) is 3.35. The molecule has 2 aliphatic rings. The number of carbonyl (C=O) groups excluding carboxylic acids is 1. The van der Waals surface area contributed by atoms with E-state index in [-0.39, 0.29) is 17.9 Å². The molecule has 1 saturated carbocycles. The third kappa shape index (κ3) is 4.97. The van der Waals surface area contributed by atoms with Gasteiger partial charge in [-0.15, -0.1) is 5.10 Å². The quantitative estimate of drug-likeness (QED) is 0.501. The molecule has 2 heterocycles. The van der Waals surface area contributed by atoms with Crippen LogP contribution in [0.25, 0.3) is 11.3 Å². The first-order valence-electron chi connectivity index (χ1n) is 12.1. The van der Waals surface area contributed by atoms with Crippen molar-refractivity contribution >= 4 is 11.9 Å². The van der Waals surface area contributed by atoms with Gasteiger partial charge in [-0.2, -0.15) is 0 Å². The highest BCUT2D eigenvalue weighted by Gasteiger charge is 2.35. The number of aryl methyl sites for hydroxylation is 1. The van der Waals surface area contributed by atoms with Crippen LogP contribution in [-0.4, -0.2) is 49.6 Å². The Labute approximate surface area is 208 Å². The molecule has 1 aliphatic carbocycles. The average Bonchev–Trinajstić information content (AvgIpc) is 3.48.